The summed E-state index contributed by atoms with van der Waals surface area (Å²) in [6.07, 6.45) is 0. The molecule has 1 aromatic rings. The van der Waals surface area contributed by atoms with Crippen molar-refractivity contribution in [2.45, 2.75) is 26.8 Å². The first-order valence-corrected chi connectivity index (χ1v) is 6.58. The number of phenols is 1. The predicted molar refractivity (Wildman–Crippen MR) is 76.8 cm³/mol. The standard InChI is InChI=1S/C15H25FN2O/c1-11(13-7-6-12(16)8-14(13)19)17-9-15(2,3)10-18(4)5/h6-8,11,17,19H,9-10H2,1-5H3. The number of phenolic OH excluding ortho intramolecular Hbond substituents is 1. The van der Waals surface area contributed by atoms with Crippen LogP contribution in [0.4, 0.5) is 4.39 Å². The molecule has 0 radical (unpaired) electrons. The van der Waals surface area contributed by atoms with E-state index in [0.29, 0.717) is 0 Å². The molecule has 0 heterocycles. The molecule has 2 N–H and O–H groups in total. The Morgan fingerprint density at radius 2 is 2.00 bits per heavy atom. The molecule has 0 saturated carbocycles. The van der Waals surface area contributed by atoms with E-state index in [1.807, 2.05) is 6.92 Å². The van der Waals surface area contributed by atoms with E-state index in [4.69, 9.17) is 0 Å². The van der Waals surface area contributed by atoms with Gasteiger partial charge >= 0.3 is 0 Å². The van der Waals surface area contributed by atoms with Crippen LogP contribution in [0.25, 0.3) is 0 Å². The minimum Gasteiger partial charge on any atom is -0.508 e. The van der Waals surface area contributed by atoms with E-state index in [1.165, 1.54) is 6.07 Å². The van der Waals surface area contributed by atoms with Gasteiger partial charge in [0, 0.05) is 30.8 Å². The fourth-order valence-corrected chi connectivity index (χ4v) is 2.33. The van der Waals surface area contributed by atoms with Crippen LogP contribution in [-0.4, -0.2) is 37.2 Å². The lowest BCUT2D eigenvalue weighted by molar-refractivity contribution is 0.226. The van der Waals surface area contributed by atoms with Gasteiger partial charge in [0.05, 0.1) is 0 Å². The van der Waals surface area contributed by atoms with Crippen molar-refractivity contribution in [3.63, 3.8) is 0 Å². The van der Waals surface area contributed by atoms with Gasteiger partial charge in [0.15, 0.2) is 0 Å². The van der Waals surface area contributed by atoms with Gasteiger partial charge < -0.3 is 15.3 Å². The van der Waals surface area contributed by atoms with E-state index in [-0.39, 0.29) is 17.2 Å². The van der Waals surface area contributed by atoms with Crippen molar-refractivity contribution in [3.05, 3.63) is 29.6 Å². The van der Waals surface area contributed by atoms with E-state index in [1.54, 1.807) is 6.07 Å². The fourth-order valence-electron chi connectivity index (χ4n) is 2.33. The second kappa shape index (κ2) is 6.35. The van der Waals surface area contributed by atoms with Crippen molar-refractivity contribution >= 4 is 0 Å². The minimum absolute atomic E-state index is 0.00501. The third-order valence-electron chi connectivity index (χ3n) is 3.09. The molecule has 1 rings (SSSR count). The first-order valence-electron chi connectivity index (χ1n) is 6.58. The van der Waals surface area contributed by atoms with E-state index in [2.05, 4.69) is 38.2 Å². The zero-order chi connectivity index (χ0) is 14.6. The van der Waals surface area contributed by atoms with Crippen LogP contribution in [0.2, 0.25) is 0 Å². The fraction of sp³-hybridized carbons (Fsp3) is 0.600. The second-order valence-electron chi connectivity index (χ2n) is 6.21. The Balaban J connectivity index is 2.62. The van der Waals surface area contributed by atoms with Crippen LogP contribution in [0.1, 0.15) is 32.4 Å². The lowest BCUT2D eigenvalue weighted by Gasteiger charge is -2.30. The molecule has 1 atom stereocenters. The first-order chi connectivity index (χ1) is 8.71. The number of rotatable bonds is 6. The first kappa shape index (κ1) is 15.9. The van der Waals surface area contributed by atoms with Gasteiger partial charge in [-0.3, -0.25) is 0 Å². The maximum absolute atomic E-state index is 12.9. The number of hydrogen-bond donors (Lipinski definition) is 2. The SMILES string of the molecule is CC(NCC(C)(C)CN(C)C)c1ccc(F)cc1O. The molecule has 0 aliphatic rings. The van der Waals surface area contributed by atoms with Crippen molar-refractivity contribution in [1.82, 2.24) is 10.2 Å². The quantitative estimate of drug-likeness (QED) is 0.833. The highest BCUT2D eigenvalue weighted by molar-refractivity contribution is 5.34. The number of hydrogen-bond acceptors (Lipinski definition) is 3. The van der Waals surface area contributed by atoms with Crippen molar-refractivity contribution in [2.75, 3.05) is 27.2 Å². The van der Waals surface area contributed by atoms with Gasteiger partial charge in [0.25, 0.3) is 0 Å². The normalized spacial score (nSPS) is 13.8. The summed E-state index contributed by atoms with van der Waals surface area (Å²) >= 11 is 0. The Morgan fingerprint density at radius 1 is 1.37 bits per heavy atom. The summed E-state index contributed by atoms with van der Waals surface area (Å²) in [6.45, 7) is 8.15. The summed E-state index contributed by atoms with van der Waals surface area (Å²) in [5, 5.41) is 13.1. The molecule has 108 valence electrons. The van der Waals surface area contributed by atoms with Crippen molar-refractivity contribution < 1.29 is 9.50 Å². The lowest BCUT2D eigenvalue weighted by atomic mass is 9.92. The molecular formula is C15H25FN2O. The molecule has 0 bridgehead atoms. The highest BCUT2D eigenvalue weighted by Crippen LogP contribution is 2.25. The van der Waals surface area contributed by atoms with E-state index in [9.17, 15) is 9.50 Å². The Morgan fingerprint density at radius 3 is 2.53 bits per heavy atom. The Hall–Kier alpha value is -1.13. The second-order valence-corrected chi connectivity index (χ2v) is 6.21. The zero-order valence-corrected chi connectivity index (χ0v) is 12.5. The Labute approximate surface area is 115 Å². The molecule has 0 saturated heterocycles. The maximum Gasteiger partial charge on any atom is 0.126 e. The molecular weight excluding hydrogens is 243 g/mol. The molecule has 1 unspecified atom stereocenters. The smallest absolute Gasteiger partial charge is 0.126 e. The van der Waals surface area contributed by atoms with Gasteiger partial charge in [-0.25, -0.2) is 4.39 Å². The van der Waals surface area contributed by atoms with Crippen molar-refractivity contribution in [3.8, 4) is 5.75 Å². The average molecular weight is 268 g/mol. The maximum atomic E-state index is 12.9. The number of halogens is 1. The van der Waals surface area contributed by atoms with E-state index in [0.717, 1.165) is 24.7 Å². The molecule has 0 fully saturated rings. The van der Waals surface area contributed by atoms with Crippen LogP contribution in [-0.2, 0) is 0 Å². The average Bonchev–Trinajstić information content (AvgIpc) is 2.24. The molecule has 0 aliphatic carbocycles. The highest BCUT2D eigenvalue weighted by Gasteiger charge is 2.20. The molecule has 0 aromatic heterocycles. The third-order valence-corrected chi connectivity index (χ3v) is 3.09. The summed E-state index contributed by atoms with van der Waals surface area (Å²) in [5.41, 5.74) is 0.856. The number of aromatic hydroxyl groups is 1. The van der Waals surface area contributed by atoms with Crippen molar-refractivity contribution in [2.24, 2.45) is 5.41 Å². The Bertz CT molecular complexity index is 419. The van der Waals surface area contributed by atoms with E-state index < -0.39 is 5.82 Å². The number of benzene rings is 1. The molecule has 19 heavy (non-hydrogen) atoms. The highest BCUT2D eigenvalue weighted by atomic mass is 19.1. The van der Waals surface area contributed by atoms with Crippen LogP contribution < -0.4 is 5.32 Å². The van der Waals surface area contributed by atoms with Gasteiger partial charge in [-0.05, 0) is 32.5 Å². The van der Waals surface area contributed by atoms with Crippen LogP contribution in [0.3, 0.4) is 0 Å². The molecule has 3 nitrogen and oxygen atoms in total. The van der Waals surface area contributed by atoms with E-state index >= 15 is 0 Å². The lowest BCUT2D eigenvalue weighted by Crippen LogP contribution is -2.38. The van der Waals surface area contributed by atoms with Crippen molar-refractivity contribution in [1.29, 1.82) is 0 Å². The molecule has 1 aromatic carbocycles. The van der Waals surface area contributed by atoms with Gasteiger partial charge in [-0.2, -0.15) is 0 Å². The predicted octanol–water partition coefficient (Wildman–Crippen LogP) is 2.77. The minimum atomic E-state index is -0.415. The molecule has 0 amide bonds. The summed E-state index contributed by atoms with van der Waals surface area (Å²) in [7, 11) is 4.11. The number of nitrogens with one attached hydrogen (secondary N) is 1. The molecule has 4 heteroatoms. The monoisotopic (exact) mass is 268 g/mol. The third kappa shape index (κ3) is 5.17. The summed E-state index contributed by atoms with van der Waals surface area (Å²) in [6, 6.07) is 4.14. The van der Waals surface area contributed by atoms with Crippen LogP contribution in [0.15, 0.2) is 18.2 Å². The number of nitrogens with zero attached hydrogens (tertiary/aromatic N) is 1. The topological polar surface area (TPSA) is 35.5 Å². The summed E-state index contributed by atoms with van der Waals surface area (Å²) in [5.74, 6) is -0.410. The summed E-state index contributed by atoms with van der Waals surface area (Å²) in [4.78, 5) is 2.15. The summed E-state index contributed by atoms with van der Waals surface area (Å²) < 4.78 is 12.9. The van der Waals surface area contributed by atoms with Crippen LogP contribution in [0.5, 0.6) is 5.75 Å². The van der Waals surface area contributed by atoms with Crippen LogP contribution >= 0.6 is 0 Å². The van der Waals surface area contributed by atoms with Crippen LogP contribution in [0, 0.1) is 11.2 Å². The Kier molecular flexibility index (Phi) is 5.32. The van der Waals surface area contributed by atoms with Gasteiger partial charge in [-0.1, -0.05) is 19.9 Å². The molecule has 0 spiro atoms. The zero-order valence-electron chi connectivity index (χ0n) is 12.5. The molecule has 0 aliphatic heterocycles. The largest absolute Gasteiger partial charge is 0.508 e. The van der Waals surface area contributed by atoms with Gasteiger partial charge in [0.2, 0.25) is 0 Å². The van der Waals surface area contributed by atoms with Gasteiger partial charge in [0.1, 0.15) is 11.6 Å². The van der Waals surface area contributed by atoms with Gasteiger partial charge in [-0.15, -0.1) is 0 Å².